The number of halogens is 1. The number of benzene rings is 1. The highest BCUT2D eigenvalue weighted by atomic mass is 35.5. The molecule has 0 radical (unpaired) electrons. The number of carbonyl (C=O) groups excluding carboxylic acids is 2. The van der Waals surface area contributed by atoms with Gasteiger partial charge in [0.05, 0.1) is 7.11 Å². The van der Waals surface area contributed by atoms with E-state index < -0.39 is 11.9 Å². The minimum atomic E-state index is -0.645. The Bertz CT molecular complexity index is 876. The lowest BCUT2D eigenvalue weighted by Crippen LogP contribution is -2.03. The van der Waals surface area contributed by atoms with Crippen LogP contribution in [0.5, 0.6) is 0 Å². The van der Waals surface area contributed by atoms with E-state index in [1.165, 1.54) is 19.2 Å². The van der Waals surface area contributed by atoms with Gasteiger partial charge in [0, 0.05) is 10.4 Å². The lowest BCUT2D eigenvalue weighted by Gasteiger charge is -1.99. The molecule has 0 atom stereocenters. The van der Waals surface area contributed by atoms with E-state index >= 15 is 0 Å². The van der Waals surface area contributed by atoms with Crippen LogP contribution in [-0.4, -0.2) is 19.0 Å². The molecule has 0 aliphatic rings. The minimum Gasteiger partial charge on any atom is -0.463 e. The van der Waals surface area contributed by atoms with E-state index in [2.05, 4.69) is 4.74 Å². The van der Waals surface area contributed by atoms with Crippen molar-refractivity contribution in [2.24, 2.45) is 0 Å². The molecule has 23 heavy (non-hydrogen) atoms. The van der Waals surface area contributed by atoms with Gasteiger partial charge < -0.3 is 18.3 Å². The molecule has 1 aromatic carbocycles. The quantitative estimate of drug-likeness (QED) is 0.675. The maximum Gasteiger partial charge on any atom is 0.374 e. The van der Waals surface area contributed by atoms with Crippen LogP contribution in [0.4, 0.5) is 0 Å². The molecule has 0 fully saturated rings. The van der Waals surface area contributed by atoms with Crippen LogP contribution in [-0.2, 0) is 16.1 Å². The molecule has 3 aromatic rings. The third-order valence-corrected chi connectivity index (χ3v) is 3.31. The number of hydrogen-bond donors (Lipinski definition) is 0. The van der Waals surface area contributed by atoms with Crippen molar-refractivity contribution in [3.05, 3.63) is 58.7 Å². The predicted molar refractivity (Wildman–Crippen MR) is 80.4 cm³/mol. The summed E-state index contributed by atoms with van der Waals surface area (Å²) in [5.74, 6) is -0.832. The Morgan fingerprint density at radius 2 is 1.87 bits per heavy atom. The molecule has 0 spiro atoms. The van der Waals surface area contributed by atoms with E-state index in [4.69, 9.17) is 25.2 Å². The van der Waals surface area contributed by atoms with Crippen LogP contribution in [0, 0.1) is 0 Å². The first-order chi connectivity index (χ1) is 11.1. The summed E-state index contributed by atoms with van der Waals surface area (Å²) >= 11 is 5.88. The summed E-state index contributed by atoms with van der Waals surface area (Å²) in [5.41, 5.74) is 0.535. The van der Waals surface area contributed by atoms with Crippen molar-refractivity contribution in [3.63, 3.8) is 0 Å². The van der Waals surface area contributed by atoms with E-state index in [-0.39, 0.29) is 18.1 Å². The van der Waals surface area contributed by atoms with Crippen molar-refractivity contribution >= 4 is 34.5 Å². The van der Waals surface area contributed by atoms with Crippen LogP contribution in [0.25, 0.3) is 11.0 Å². The summed E-state index contributed by atoms with van der Waals surface area (Å²) in [6, 6.07) is 9.54. The van der Waals surface area contributed by atoms with Crippen molar-refractivity contribution in [1.82, 2.24) is 0 Å². The highest BCUT2D eigenvalue weighted by Crippen LogP contribution is 2.23. The van der Waals surface area contributed by atoms with Crippen LogP contribution in [0.15, 0.2) is 45.2 Å². The average Bonchev–Trinajstić information content (AvgIpc) is 3.18. The van der Waals surface area contributed by atoms with Gasteiger partial charge in [-0.1, -0.05) is 11.6 Å². The van der Waals surface area contributed by atoms with Crippen molar-refractivity contribution in [2.75, 3.05) is 7.11 Å². The van der Waals surface area contributed by atoms with Crippen LogP contribution >= 0.6 is 11.6 Å². The molecule has 0 saturated heterocycles. The Balaban J connectivity index is 1.68. The molecule has 3 rings (SSSR count). The van der Waals surface area contributed by atoms with E-state index in [0.29, 0.717) is 21.8 Å². The Hall–Kier alpha value is -2.73. The second kappa shape index (κ2) is 6.18. The maximum atomic E-state index is 12.0. The SMILES string of the molecule is COC(=O)c1ccc(COC(=O)c2cc3cc(Cl)ccc3o2)o1. The third kappa shape index (κ3) is 3.22. The Morgan fingerprint density at radius 1 is 1.04 bits per heavy atom. The summed E-state index contributed by atoms with van der Waals surface area (Å²) < 4.78 is 20.2. The summed E-state index contributed by atoms with van der Waals surface area (Å²) in [6.45, 7) is -0.131. The van der Waals surface area contributed by atoms with Crippen LogP contribution in [0.3, 0.4) is 0 Å². The van der Waals surface area contributed by atoms with E-state index in [0.717, 1.165) is 0 Å². The largest absolute Gasteiger partial charge is 0.463 e. The zero-order valence-corrected chi connectivity index (χ0v) is 12.8. The predicted octanol–water partition coefficient (Wildman–Crippen LogP) is 3.82. The maximum absolute atomic E-state index is 12.0. The molecule has 2 heterocycles. The van der Waals surface area contributed by atoms with Gasteiger partial charge in [0.1, 0.15) is 18.0 Å². The standard InChI is InChI=1S/C16H11ClO6/c1-20-15(18)13-5-3-11(22-13)8-21-16(19)14-7-9-6-10(17)2-4-12(9)23-14/h2-7H,8H2,1H3. The first-order valence-corrected chi connectivity index (χ1v) is 6.98. The molecule has 2 aromatic heterocycles. The fourth-order valence-corrected chi connectivity index (χ4v) is 2.17. The number of rotatable bonds is 4. The Labute approximate surface area is 135 Å². The topological polar surface area (TPSA) is 78.9 Å². The van der Waals surface area contributed by atoms with Crippen molar-refractivity contribution in [1.29, 1.82) is 0 Å². The smallest absolute Gasteiger partial charge is 0.374 e. The van der Waals surface area contributed by atoms with Gasteiger partial charge in [-0.3, -0.25) is 0 Å². The number of furan rings is 2. The molecule has 6 nitrogen and oxygen atoms in total. The zero-order chi connectivity index (χ0) is 16.4. The highest BCUT2D eigenvalue weighted by molar-refractivity contribution is 6.31. The van der Waals surface area contributed by atoms with Crippen molar-refractivity contribution in [2.45, 2.75) is 6.61 Å². The number of ether oxygens (including phenoxy) is 2. The minimum absolute atomic E-state index is 0.0388. The van der Waals surface area contributed by atoms with Crippen LogP contribution < -0.4 is 0 Å². The molecule has 0 aliphatic carbocycles. The number of esters is 2. The molecular weight excluding hydrogens is 324 g/mol. The van der Waals surface area contributed by atoms with Gasteiger partial charge in [0.2, 0.25) is 11.5 Å². The van der Waals surface area contributed by atoms with E-state index in [1.807, 2.05) is 0 Å². The Morgan fingerprint density at radius 3 is 2.65 bits per heavy atom. The summed E-state index contributed by atoms with van der Waals surface area (Å²) in [5, 5.41) is 1.25. The number of hydrogen-bond acceptors (Lipinski definition) is 6. The third-order valence-electron chi connectivity index (χ3n) is 3.07. The number of carbonyl (C=O) groups is 2. The fourth-order valence-electron chi connectivity index (χ4n) is 1.99. The van der Waals surface area contributed by atoms with Gasteiger partial charge in [-0.05, 0) is 36.4 Å². The van der Waals surface area contributed by atoms with Crippen LogP contribution in [0.2, 0.25) is 5.02 Å². The van der Waals surface area contributed by atoms with Gasteiger partial charge in [-0.15, -0.1) is 0 Å². The highest BCUT2D eigenvalue weighted by Gasteiger charge is 2.16. The first-order valence-electron chi connectivity index (χ1n) is 6.60. The molecule has 0 aliphatic heterocycles. The second-order valence-corrected chi connectivity index (χ2v) is 5.06. The zero-order valence-electron chi connectivity index (χ0n) is 12.0. The number of fused-ring (bicyclic) bond motifs is 1. The molecule has 0 saturated carbocycles. The van der Waals surface area contributed by atoms with Gasteiger partial charge in [-0.25, -0.2) is 9.59 Å². The van der Waals surface area contributed by atoms with Crippen molar-refractivity contribution < 1.29 is 27.9 Å². The summed E-state index contributed by atoms with van der Waals surface area (Å²) in [6.07, 6.45) is 0. The normalized spacial score (nSPS) is 10.7. The molecule has 7 heteroatoms. The van der Waals surface area contributed by atoms with Crippen molar-refractivity contribution in [3.8, 4) is 0 Å². The van der Waals surface area contributed by atoms with Gasteiger partial charge in [-0.2, -0.15) is 0 Å². The molecule has 0 bridgehead atoms. The van der Waals surface area contributed by atoms with Gasteiger partial charge in [0.15, 0.2) is 0 Å². The second-order valence-electron chi connectivity index (χ2n) is 4.63. The van der Waals surface area contributed by atoms with Gasteiger partial charge >= 0.3 is 11.9 Å². The fraction of sp³-hybridized carbons (Fsp3) is 0.125. The van der Waals surface area contributed by atoms with Crippen LogP contribution in [0.1, 0.15) is 26.9 Å². The Kier molecular flexibility index (Phi) is 4.08. The lowest BCUT2D eigenvalue weighted by molar-refractivity contribution is 0.0406. The van der Waals surface area contributed by atoms with Gasteiger partial charge in [0.25, 0.3) is 0 Å². The number of methoxy groups -OCH3 is 1. The molecular formula is C16H11ClO6. The van der Waals surface area contributed by atoms with E-state index in [1.54, 1.807) is 24.3 Å². The van der Waals surface area contributed by atoms with E-state index in [9.17, 15) is 9.59 Å². The first kappa shape index (κ1) is 15.2. The summed E-state index contributed by atoms with van der Waals surface area (Å²) in [7, 11) is 1.25. The molecule has 0 N–H and O–H groups in total. The average molecular weight is 335 g/mol. The molecule has 0 unspecified atom stereocenters. The lowest BCUT2D eigenvalue weighted by atomic mass is 10.2. The molecule has 118 valence electrons. The monoisotopic (exact) mass is 334 g/mol. The summed E-state index contributed by atoms with van der Waals surface area (Å²) in [4.78, 5) is 23.3. The molecule has 0 amide bonds.